The first-order valence-corrected chi connectivity index (χ1v) is 12.0. The number of hydrogen-bond donors (Lipinski definition) is 1. The van der Waals surface area contributed by atoms with Crippen LogP contribution in [0.1, 0.15) is 27.7 Å². The number of ether oxygens (including phenoxy) is 3. The van der Waals surface area contributed by atoms with Gasteiger partial charge in [0.2, 0.25) is 5.78 Å². The minimum Gasteiger partial charge on any atom is -0.503 e. The number of methoxy groups -OCH3 is 3. The topological polar surface area (TPSA) is 98.4 Å². The second-order valence-electron chi connectivity index (χ2n) is 8.66. The predicted molar refractivity (Wildman–Crippen MR) is 143 cm³/mol. The third kappa shape index (κ3) is 3.94. The Kier molecular flexibility index (Phi) is 6.50. The van der Waals surface area contributed by atoms with Crippen LogP contribution < -0.4 is 19.1 Å². The van der Waals surface area contributed by atoms with E-state index in [0.29, 0.717) is 50.1 Å². The molecule has 1 N–H and O–H groups in total. The van der Waals surface area contributed by atoms with Gasteiger partial charge in [-0.3, -0.25) is 14.5 Å². The molecule has 194 valence electrons. The van der Waals surface area contributed by atoms with E-state index in [2.05, 4.69) is 0 Å². The quantitative estimate of drug-likeness (QED) is 0.282. The van der Waals surface area contributed by atoms with Crippen molar-refractivity contribution < 1.29 is 33.3 Å². The molecule has 3 aromatic carbocycles. The van der Waals surface area contributed by atoms with Crippen molar-refractivity contribution in [2.75, 3.05) is 26.2 Å². The molecule has 9 heteroatoms. The summed E-state index contributed by atoms with van der Waals surface area (Å²) < 4.78 is 22.1. The Hall–Kier alpha value is -4.43. The van der Waals surface area contributed by atoms with Gasteiger partial charge in [0.1, 0.15) is 0 Å². The molecule has 8 nitrogen and oxygen atoms in total. The van der Waals surface area contributed by atoms with Crippen LogP contribution in [-0.2, 0) is 4.79 Å². The summed E-state index contributed by atoms with van der Waals surface area (Å²) in [6, 6.07) is 16.0. The first-order chi connectivity index (χ1) is 18.3. The molecule has 1 amide bonds. The zero-order valence-electron chi connectivity index (χ0n) is 21.1. The SMILES string of the molecule is COc1ccc(C2C(C(=O)c3cc4cccc(OC)c4o3)=C(O)C(=O)N2c2cccc(Cl)c2C)cc1OC. The highest BCUT2D eigenvalue weighted by Crippen LogP contribution is 2.46. The number of ketones is 1. The summed E-state index contributed by atoms with van der Waals surface area (Å²) in [5, 5.41) is 12.2. The van der Waals surface area contributed by atoms with Crippen LogP contribution in [0, 0.1) is 6.92 Å². The Labute approximate surface area is 223 Å². The van der Waals surface area contributed by atoms with Gasteiger partial charge in [-0.1, -0.05) is 35.9 Å². The maximum atomic E-state index is 13.9. The molecule has 2 heterocycles. The second kappa shape index (κ2) is 9.79. The van der Waals surface area contributed by atoms with Crippen LogP contribution in [-0.4, -0.2) is 38.1 Å². The van der Waals surface area contributed by atoms with Crippen LogP contribution >= 0.6 is 11.6 Å². The molecule has 0 bridgehead atoms. The van der Waals surface area contributed by atoms with Gasteiger partial charge in [0, 0.05) is 16.1 Å². The number of para-hydroxylation sites is 1. The number of halogens is 1. The molecule has 5 rings (SSSR count). The average molecular weight is 534 g/mol. The fourth-order valence-corrected chi connectivity index (χ4v) is 4.89. The van der Waals surface area contributed by atoms with Gasteiger partial charge in [-0.25, -0.2) is 0 Å². The van der Waals surface area contributed by atoms with Gasteiger partial charge in [-0.15, -0.1) is 0 Å². The molecule has 1 aliphatic heterocycles. The van der Waals surface area contributed by atoms with E-state index in [-0.39, 0.29) is 11.3 Å². The molecular formula is C29H24ClNO7. The van der Waals surface area contributed by atoms with Crippen molar-refractivity contribution in [1.82, 2.24) is 0 Å². The lowest BCUT2D eigenvalue weighted by Gasteiger charge is -2.28. The van der Waals surface area contributed by atoms with Crippen LogP contribution in [0.3, 0.4) is 0 Å². The second-order valence-corrected chi connectivity index (χ2v) is 9.06. The smallest absolute Gasteiger partial charge is 0.294 e. The average Bonchev–Trinajstić information content (AvgIpc) is 3.48. The number of amides is 1. The van der Waals surface area contributed by atoms with Gasteiger partial charge in [-0.05, 0) is 54.4 Å². The molecule has 0 spiro atoms. The summed E-state index contributed by atoms with van der Waals surface area (Å²) in [7, 11) is 4.50. The number of aliphatic hydroxyl groups is 1. The first kappa shape index (κ1) is 25.2. The summed E-state index contributed by atoms with van der Waals surface area (Å²) in [4.78, 5) is 28.9. The van der Waals surface area contributed by atoms with E-state index < -0.39 is 23.5 Å². The van der Waals surface area contributed by atoms with Crippen molar-refractivity contribution >= 4 is 39.9 Å². The Morgan fingerprint density at radius 3 is 2.37 bits per heavy atom. The number of carbonyl (C=O) groups excluding carboxylic acids is 2. The molecule has 0 radical (unpaired) electrons. The number of hydrogen-bond acceptors (Lipinski definition) is 7. The number of furan rings is 1. The summed E-state index contributed by atoms with van der Waals surface area (Å²) in [5.41, 5.74) is 1.81. The van der Waals surface area contributed by atoms with E-state index in [1.165, 1.54) is 26.2 Å². The number of anilines is 1. The number of carbonyl (C=O) groups is 2. The molecule has 0 fully saturated rings. The lowest BCUT2D eigenvalue weighted by atomic mass is 9.94. The summed E-state index contributed by atoms with van der Waals surface area (Å²) >= 11 is 6.38. The van der Waals surface area contributed by atoms with Gasteiger partial charge in [0.05, 0.1) is 32.9 Å². The van der Waals surface area contributed by atoms with E-state index >= 15 is 0 Å². The predicted octanol–water partition coefficient (Wildman–Crippen LogP) is 6.20. The lowest BCUT2D eigenvalue weighted by molar-refractivity contribution is -0.117. The van der Waals surface area contributed by atoms with Crippen LogP contribution in [0.25, 0.3) is 11.0 Å². The molecule has 1 aliphatic rings. The fourth-order valence-electron chi connectivity index (χ4n) is 4.72. The third-order valence-electron chi connectivity index (χ3n) is 6.63. The monoisotopic (exact) mass is 533 g/mol. The normalized spacial score (nSPS) is 15.3. The van der Waals surface area contributed by atoms with Crippen LogP contribution in [0.15, 0.2) is 76.4 Å². The van der Waals surface area contributed by atoms with E-state index in [1.807, 2.05) is 0 Å². The van der Waals surface area contributed by atoms with E-state index in [0.717, 1.165) is 0 Å². The largest absolute Gasteiger partial charge is 0.503 e. The number of aliphatic hydroxyl groups excluding tert-OH is 1. The maximum absolute atomic E-state index is 13.9. The molecule has 1 atom stereocenters. The molecule has 0 saturated heterocycles. The molecular weight excluding hydrogens is 510 g/mol. The number of fused-ring (bicyclic) bond motifs is 1. The van der Waals surface area contributed by atoms with Gasteiger partial charge in [-0.2, -0.15) is 0 Å². The van der Waals surface area contributed by atoms with Crippen molar-refractivity contribution in [3.05, 3.63) is 93.9 Å². The van der Waals surface area contributed by atoms with E-state index in [1.54, 1.807) is 67.6 Å². The standard InChI is InChI=1S/C29H24ClNO7/c1-15-18(30)8-6-9-19(15)31-25(16-11-12-20(35-2)22(13-16)37-4)24(27(33)29(31)34)26(32)23-14-17-7-5-10-21(36-3)28(17)38-23/h5-14,25,33H,1-4H3. The van der Waals surface area contributed by atoms with Gasteiger partial charge >= 0.3 is 0 Å². The Balaban J connectivity index is 1.71. The van der Waals surface area contributed by atoms with E-state index in [4.69, 9.17) is 30.2 Å². The van der Waals surface area contributed by atoms with Crippen molar-refractivity contribution in [2.45, 2.75) is 13.0 Å². The number of rotatable bonds is 7. The number of benzene rings is 3. The maximum Gasteiger partial charge on any atom is 0.294 e. The molecule has 4 aromatic rings. The Morgan fingerprint density at radius 2 is 1.66 bits per heavy atom. The fraction of sp³-hybridized carbons (Fsp3) is 0.172. The summed E-state index contributed by atoms with van der Waals surface area (Å²) in [5.74, 6) is -0.794. The van der Waals surface area contributed by atoms with Crippen molar-refractivity contribution in [1.29, 1.82) is 0 Å². The Bertz CT molecular complexity index is 1620. The van der Waals surface area contributed by atoms with Crippen LogP contribution in [0.2, 0.25) is 5.02 Å². The van der Waals surface area contributed by atoms with Gasteiger partial charge in [0.15, 0.2) is 34.4 Å². The summed E-state index contributed by atoms with van der Waals surface area (Å²) in [6.45, 7) is 1.76. The minimum atomic E-state index is -1.01. The van der Waals surface area contributed by atoms with Crippen molar-refractivity contribution in [2.24, 2.45) is 0 Å². The molecule has 1 unspecified atom stereocenters. The molecule has 0 saturated carbocycles. The number of Topliss-reactive ketones (excluding diaryl/α,β-unsaturated/α-hetero) is 1. The highest BCUT2D eigenvalue weighted by Gasteiger charge is 2.46. The van der Waals surface area contributed by atoms with Crippen molar-refractivity contribution in [3.63, 3.8) is 0 Å². The highest BCUT2D eigenvalue weighted by molar-refractivity contribution is 6.32. The van der Waals surface area contributed by atoms with Crippen molar-refractivity contribution in [3.8, 4) is 17.2 Å². The minimum absolute atomic E-state index is 0.0472. The first-order valence-electron chi connectivity index (χ1n) is 11.7. The van der Waals surface area contributed by atoms with Crippen LogP contribution in [0.5, 0.6) is 17.2 Å². The van der Waals surface area contributed by atoms with E-state index in [9.17, 15) is 14.7 Å². The molecule has 1 aromatic heterocycles. The van der Waals surface area contributed by atoms with Gasteiger partial charge < -0.3 is 23.7 Å². The lowest BCUT2D eigenvalue weighted by Crippen LogP contribution is -2.31. The Morgan fingerprint density at radius 1 is 0.947 bits per heavy atom. The zero-order valence-corrected chi connectivity index (χ0v) is 21.8. The molecule has 0 aliphatic carbocycles. The third-order valence-corrected chi connectivity index (χ3v) is 7.04. The van der Waals surface area contributed by atoms with Crippen LogP contribution in [0.4, 0.5) is 5.69 Å². The summed E-state index contributed by atoms with van der Waals surface area (Å²) in [6.07, 6.45) is 0. The van der Waals surface area contributed by atoms with Gasteiger partial charge in [0.25, 0.3) is 5.91 Å². The highest BCUT2D eigenvalue weighted by atomic mass is 35.5. The zero-order chi connectivity index (χ0) is 27.1. The molecule has 38 heavy (non-hydrogen) atoms. The number of nitrogens with zero attached hydrogens (tertiary/aromatic N) is 1.